The Balaban J connectivity index is 2.31. The predicted molar refractivity (Wildman–Crippen MR) is 69.0 cm³/mol. The third-order valence-corrected chi connectivity index (χ3v) is 3.03. The van der Waals surface area contributed by atoms with Gasteiger partial charge in [-0.15, -0.1) is 0 Å². The summed E-state index contributed by atoms with van der Waals surface area (Å²) in [4.78, 5) is 16.2. The summed E-state index contributed by atoms with van der Waals surface area (Å²) in [5, 5.41) is 0. The van der Waals surface area contributed by atoms with Gasteiger partial charge in [-0.3, -0.25) is 9.69 Å². The van der Waals surface area contributed by atoms with Crippen molar-refractivity contribution in [1.29, 1.82) is 0 Å². The lowest BCUT2D eigenvalue weighted by atomic mass is 10.2. The van der Waals surface area contributed by atoms with Crippen LogP contribution in [-0.2, 0) is 9.53 Å². The summed E-state index contributed by atoms with van der Waals surface area (Å²) in [7, 11) is 0. The maximum Gasteiger partial charge on any atom is 0.248 e. The molecule has 4 heteroatoms. The molecule has 0 aromatic carbocycles. The SMILES string of the molecule is CC(C)N1CCN(C(=O)COC(C)(C)C)CC1. The number of carbonyl (C=O) groups is 1. The highest BCUT2D eigenvalue weighted by molar-refractivity contribution is 5.77. The zero-order valence-corrected chi connectivity index (χ0v) is 11.8. The standard InChI is InChI=1S/C13H26N2O2/c1-11(2)14-6-8-15(9-7-14)12(16)10-17-13(3,4)5/h11H,6-10H2,1-5H3. The summed E-state index contributed by atoms with van der Waals surface area (Å²) in [5.74, 6) is 0.114. The minimum Gasteiger partial charge on any atom is -0.366 e. The van der Waals surface area contributed by atoms with Crippen LogP contribution in [0, 0.1) is 0 Å². The molecule has 100 valence electrons. The largest absolute Gasteiger partial charge is 0.366 e. The molecule has 0 aliphatic carbocycles. The van der Waals surface area contributed by atoms with Gasteiger partial charge in [0.2, 0.25) is 5.91 Å². The molecular formula is C13H26N2O2. The van der Waals surface area contributed by atoms with Crippen LogP contribution in [-0.4, -0.2) is 60.1 Å². The predicted octanol–water partition coefficient (Wildman–Crippen LogP) is 1.35. The molecule has 1 aliphatic heterocycles. The van der Waals surface area contributed by atoms with Crippen molar-refractivity contribution in [2.75, 3.05) is 32.8 Å². The number of carbonyl (C=O) groups excluding carboxylic acids is 1. The van der Waals surface area contributed by atoms with Crippen LogP contribution in [0.2, 0.25) is 0 Å². The topological polar surface area (TPSA) is 32.8 Å². The van der Waals surface area contributed by atoms with Crippen LogP contribution >= 0.6 is 0 Å². The second-order valence-corrected chi connectivity index (χ2v) is 5.91. The zero-order valence-electron chi connectivity index (χ0n) is 11.8. The van der Waals surface area contributed by atoms with Gasteiger partial charge in [-0.25, -0.2) is 0 Å². The van der Waals surface area contributed by atoms with Crippen molar-refractivity contribution < 1.29 is 9.53 Å². The van der Waals surface area contributed by atoms with Gasteiger partial charge in [0, 0.05) is 32.2 Å². The quantitative estimate of drug-likeness (QED) is 0.749. The van der Waals surface area contributed by atoms with Crippen LogP contribution in [0.4, 0.5) is 0 Å². The number of ether oxygens (including phenoxy) is 1. The van der Waals surface area contributed by atoms with Gasteiger partial charge in [0.1, 0.15) is 6.61 Å². The summed E-state index contributed by atoms with van der Waals surface area (Å²) < 4.78 is 5.51. The van der Waals surface area contributed by atoms with Gasteiger partial charge in [0.05, 0.1) is 5.60 Å². The molecule has 1 saturated heterocycles. The molecular weight excluding hydrogens is 216 g/mol. The Kier molecular flexibility index (Phi) is 4.95. The Morgan fingerprint density at radius 2 is 1.71 bits per heavy atom. The highest BCUT2D eigenvalue weighted by atomic mass is 16.5. The van der Waals surface area contributed by atoms with Gasteiger partial charge < -0.3 is 9.64 Å². The van der Waals surface area contributed by atoms with Crippen molar-refractivity contribution >= 4 is 5.91 Å². The van der Waals surface area contributed by atoms with E-state index in [1.54, 1.807) is 0 Å². The normalized spacial score (nSPS) is 18.8. The van der Waals surface area contributed by atoms with Crippen LogP contribution in [0.15, 0.2) is 0 Å². The number of nitrogens with zero attached hydrogens (tertiary/aromatic N) is 2. The molecule has 0 spiro atoms. The summed E-state index contributed by atoms with van der Waals surface area (Å²) in [6.07, 6.45) is 0. The Bertz CT molecular complexity index is 251. The van der Waals surface area contributed by atoms with Crippen molar-refractivity contribution in [2.45, 2.75) is 46.3 Å². The first-order valence-electron chi connectivity index (χ1n) is 6.45. The van der Waals surface area contributed by atoms with Crippen LogP contribution in [0.3, 0.4) is 0 Å². The number of hydrogen-bond donors (Lipinski definition) is 0. The number of piperazine rings is 1. The highest BCUT2D eigenvalue weighted by Crippen LogP contribution is 2.09. The highest BCUT2D eigenvalue weighted by Gasteiger charge is 2.23. The molecule has 1 aliphatic rings. The van der Waals surface area contributed by atoms with Gasteiger partial charge in [-0.2, -0.15) is 0 Å². The number of rotatable bonds is 3. The molecule has 0 atom stereocenters. The summed E-state index contributed by atoms with van der Waals surface area (Å²) in [6, 6.07) is 0.568. The monoisotopic (exact) mass is 242 g/mol. The molecule has 0 N–H and O–H groups in total. The first kappa shape index (κ1) is 14.5. The number of hydrogen-bond acceptors (Lipinski definition) is 3. The zero-order chi connectivity index (χ0) is 13.1. The van der Waals surface area contributed by atoms with E-state index >= 15 is 0 Å². The van der Waals surface area contributed by atoms with E-state index in [0.29, 0.717) is 6.04 Å². The number of amides is 1. The van der Waals surface area contributed by atoms with Gasteiger partial charge >= 0.3 is 0 Å². The van der Waals surface area contributed by atoms with Crippen LogP contribution in [0.1, 0.15) is 34.6 Å². The maximum absolute atomic E-state index is 11.9. The molecule has 0 aromatic heterocycles. The fourth-order valence-corrected chi connectivity index (χ4v) is 1.86. The van der Waals surface area contributed by atoms with Crippen molar-refractivity contribution in [1.82, 2.24) is 9.80 Å². The second kappa shape index (κ2) is 5.83. The second-order valence-electron chi connectivity index (χ2n) is 5.91. The van der Waals surface area contributed by atoms with Crippen LogP contribution < -0.4 is 0 Å². The van der Waals surface area contributed by atoms with Gasteiger partial charge in [0.25, 0.3) is 0 Å². The lowest BCUT2D eigenvalue weighted by Gasteiger charge is -2.37. The molecule has 0 saturated carbocycles. The van der Waals surface area contributed by atoms with Crippen molar-refractivity contribution in [3.8, 4) is 0 Å². The molecule has 1 heterocycles. The lowest BCUT2D eigenvalue weighted by Crippen LogP contribution is -2.51. The average molecular weight is 242 g/mol. The third-order valence-electron chi connectivity index (χ3n) is 3.03. The van der Waals surface area contributed by atoms with E-state index in [0.717, 1.165) is 26.2 Å². The molecule has 17 heavy (non-hydrogen) atoms. The van der Waals surface area contributed by atoms with E-state index in [4.69, 9.17) is 4.74 Å². The van der Waals surface area contributed by atoms with Crippen LogP contribution in [0.5, 0.6) is 0 Å². The van der Waals surface area contributed by atoms with E-state index in [1.165, 1.54) is 0 Å². The van der Waals surface area contributed by atoms with Crippen molar-refractivity contribution in [3.05, 3.63) is 0 Å². The first-order chi connectivity index (χ1) is 7.79. The van der Waals surface area contributed by atoms with Gasteiger partial charge in [-0.1, -0.05) is 0 Å². The van der Waals surface area contributed by atoms with E-state index in [2.05, 4.69) is 18.7 Å². The van der Waals surface area contributed by atoms with Gasteiger partial charge in [0.15, 0.2) is 0 Å². The van der Waals surface area contributed by atoms with E-state index < -0.39 is 0 Å². The first-order valence-corrected chi connectivity index (χ1v) is 6.45. The van der Waals surface area contributed by atoms with E-state index in [1.807, 2.05) is 25.7 Å². The summed E-state index contributed by atoms with van der Waals surface area (Å²) >= 11 is 0. The van der Waals surface area contributed by atoms with Gasteiger partial charge in [-0.05, 0) is 34.6 Å². The molecule has 0 radical (unpaired) electrons. The fraction of sp³-hybridized carbons (Fsp3) is 0.923. The minimum atomic E-state index is -0.241. The molecule has 1 fully saturated rings. The Morgan fingerprint density at radius 1 is 1.18 bits per heavy atom. The molecule has 0 aromatic rings. The van der Waals surface area contributed by atoms with E-state index in [-0.39, 0.29) is 18.1 Å². The van der Waals surface area contributed by atoms with Crippen molar-refractivity contribution in [3.63, 3.8) is 0 Å². The lowest BCUT2D eigenvalue weighted by molar-refractivity contribution is -0.143. The maximum atomic E-state index is 11.9. The summed E-state index contributed by atoms with van der Waals surface area (Å²) in [6.45, 7) is 14.1. The minimum absolute atomic E-state index is 0.114. The molecule has 0 unspecified atom stereocenters. The van der Waals surface area contributed by atoms with Crippen molar-refractivity contribution in [2.24, 2.45) is 0 Å². The Hall–Kier alpha value is -0.610. The fourth-order valence-electron chi connectivity index (χ4n) is 1.86. The smallest absolute Gasteiger partial charge is 0.248 e. The molecule has 4 nitrogen and oxygen atoms in total. The Labute approximate surface area is 105 Å². The third kappa shape index (κ3) is 5.04. The van der Waals surface area contributed by atoms with Crippen LogP contribution in [0.25, 0.3) is 0 Å². The average Bonchev–Trinajstić information content (AvgIpc) is 2.25. The molecule has 1 amide bonds. The Morgan fingerprint density at radius 3 is 2.12 bits per heavy atom. The summed E-state index contributed by atoms with van der Waals surface area (Å²) in [5.41, 5.74) is -0.241. The molecule has 1 rings (SSSR count). The molecule has 0 bridgehead atoms. The van der Waals surface area contributed by atoms with E-state index in [9.17, 15) is 4.79 Å².